The van der Waals surface area contributed by atoms with Crippen molar-refractivity contribution in [1.82, 2.24) is 0 Å². The number of carbonyl (C=O) groups is 2. The van der Waals surface area contributed by atoms with Gasteiger partial charge in [0.15, 0.2) is 6.10 Å². The van der Waals surface area contributed by atoms with Gasteiger partial charge in [0.1, 0.15) is 0 Å². The fraction of sp³-hybridized carbons (Fsp3) is 0.667. The molecule has 0 aliphatic heterocycles. The molecule has 0 saturated carbocycles. The van der Waals surface area contributed by atoms with E-state index in [9.17, 15) is 19.7 Å². The van der Waals surface area contributed by atoms with Crippen LogP contribution in [0.1, 0.15) is 0 Å². The number of aliphatic hydroxyl groups excluding tert-OH is 1. The molecule has 0 heterocycles. The Balaban J connectivity index is 4.68. The quantitative estimate of drug-likeness (QED) is 0.331. The first-order chi connectivity index (χ1) is 6.93. The Hall–Kier alpha value is -1.90. The minimum atomic E-state index is -2.12. The van der Waals surface area contributed by atoms with Crippen LogP contribution in [0.25, 0.3) is 0 Å². The highest BCUT2D eigenvalue weighted by Gasteiger charge is 2.37. The van der Waals surface area contributed by atoms with E-state index in [0.29, 0.717) is 0 Å². The zero-order valence-corrected chi connectivity index (χ0v) is 7.91. The fourth-order valence-electron chi connectivity index (χ4n) is 0.683. The summed E-state index contributed by atoms with van der Waals surface area (Å²) in [4.78, 5) is 35.4. The number of aliphatic hydroxyl groups is 1. The van der Waals surface area contributed by atoms with Crippen LogP contribution in [-0.4, -0.2) is 48.6 Å². The molecule has 9 nitrogen and oxygen atoms in total. The third-order valence-electron chi connectivity index (χ3n) is 1.36. The Bertz CT molecular complexity index is 264. The fourth-order valence-corrected chi connectivity index (χ4v) is 0.683. The second-order valence-corrected chi connectivity index (χ2v) is 2.24. The number of carbonyl (C=O) groups excluding carboxylic acids is 2. The van der Waals surface area contributed by atoms with Crippen LogP contribution < -0.4 is 0 Å². The summed E-state index contributed by atoms with van der Waals surface area (Å²) in [7, 11) is 1.86. The Kier molecular flexibility index (Phi) is 5.02. The summed E-state index contributed by atoms with van der Waals surface area (Å²) >= 11 is 0. The lowest BCUT2D eigenvalue weighted by atomic mass is 10.2. The zero-order chi connectivity index (χ0) is 12.0. The van der Waals surface area contributed by atoms with Gasteiger partial charge in [0, 0.05) is 0 Å². The molecular weight excluding hydrogens is 214 g/mol. The van der Waals surface area contributed by atoms with Crippen molar-refractivity contribution in [3.05, 3.63) is 10.1 Å². The van der Waals surface area contributed by atoms with Crippen LogP contribution in [0, 0.1) is 10.1 Å². The van der Waals surface area contributed by atoms with Crippen molar-refractivity contribution in [3.8, 4) is 0 Å². The maximum atomic E-state index is 10.9. The Morgan fingerprint density at radius 1 is 1.27 bits per heavy atom. The van der Waals surface area contributed by atoms with E-state index in [1.165, 1.54) is 0 Å². The first-order valence-electron chi connectivity index (χ1n) is 3.59. The van der Waals surface area contributed by atoms with Gasteiger partial charge in [-0.05, 0) is 0 Å². The topological polar surface area (TPSA) is 125 Å². The lowest BCUT2D eigenvalue weighted by Gasteiger charge is -2.16. The van der Waals surface area contributed by atoms with E-state index in [1.807, 2.05) is 0 Å². The number of rotatable bonds is 5. The van der Waals surface area contributed by atoms with E-state index >= 15 is 0 Å². The van der Waals surface area contributed by atoms with E-state index in [1.54, 1.807) is 0 Å². The average molecular weight is 223 g/mol. The molecule has 0 radical (unpaired) electrons. The van der Waals surface area contributed by atoms with Crippen molar-refractivity contribution in [2.24, 2.45) is 0 Å². The summed E-state index contributed by atoms with van der Waals surface area (Å²) in [5, 5.41) is 17.8. The number of hydrogen-bond donors (Lipinski definition) is 1. The van der Waals surface area contributed by atoms with Gasteiger partial charge >= 0.3 is 11.9 Å². The molecule has 0 fully saturated rings. The first kappa shape index (κ1) is 13.1. The minimum absolute atomic E-state index is 0.919. The lowest BCUT2D eigenvalue weighted by molar-refractivity contribution is -0.766. The third-order valence-corrected chi connectivity index (χ3v) is 1.36. The summed E-state index contributed by atoms with van der Waals surface area (Å²) in [6.45, 7) is 0. The molecule has 9 heteroatoms. The highest BCUT2D eigenvalue weighted by Crippen LogP contribution is 2.04. The highest BCUT2D eigenvalue weighted by atomic mass is 17.0. The van der Waals surface area contributed by atoms with Crippen LogP contribution in [0.15, 0.2) is 0 Å². The molecule has 0 saturated heterocycles. The predicted molar refractivity (Wildman–Crippen MR) is 41.9 cm³/mol. The maximum absolute atomic E-state index is 10.9. The Morgan fingerprint density at radius 3 is 2.07 bits per heavy atom. The van der Waals surface area contributed by atoms with Gasteiger partial charge in [-0.2, -0.15) is 0 Å². The lowest BCUT2D eigenvalue weighted by Crippen LogP contribution is -2.44. The second-order valence-electron chi connectivity index (χ2n) is 2.24. The molecule has 0 spiro atoms. The van der Waals surface area contributed by atoms with Crippen LogP contribution in [-0.2, 0) is 23.9 Å². The molecule has 2 atom stereocenters. The van der Waals surface area contributed by atoms with Crippen molar-refractivity contribution in [3.63, 3.8) is 0 Å². The molecule has 15 heavy (non-hydrogen) atoms. The van der Waals surface area contributed by atoms with E-state index in [2.05, 4.69) is 14.3 Å². The van der Waals surface area contributed by atoms with Gasteiger partial charge in [-0.3, -0.25) is 4.84 Å². The normalized spacial score (nSPS) is 13.5. The number of ether oxygens (including phenoxy) is 2. The van der Waals surface area contributed by atoms with E-state index in [4.69, 9.17) is 5.11 Å². The summed E-state index contributed by atoms with van der Waals surface area (Å²) < 4.78 is 8.16. The standard InChI is InChI=1S/C6H9NO8/c1-13-5(9)3(8)4(6(10)14-2)15-7(11)12/h3-4,8H,1-2H3. The molecule has 0 aliphatic rings. The highest BCUT2D eigenvalue weighted by molar-refractivity contribution is 5.85. The summed E-state index contributed by atoms with van der Waals surface area (Å²) in [6, 6.07) is 0. The van der Waals surface area contributed by atoms with Crippen LogP contribution in [0.4, 0.5) is 0 Å². The molecule has 86 valence electrons. The van der Waals surface area contributed by atoms with Crippen LogP contribution in [0.5, 0.6) is 0 Å². The monoisotopic (exact) mass is 223 g/mol. The second kappa shape index (κ2) is 5.75. The number of esters is 2. The zero-order valence-electron chi connectivity index (χ0n) is 7.91. The maximum Gasteiger partial charge on any atom is 0.338 e. The van der Waals surface area contributed by atoms with Crippen LogP contribution in [0.3, 0.4) is 0 Å². The van der Waals surface area contributed by atoms with Crippen LogP contribution >= 0.6 is 0 Å². The van der Waals surface area contributed by atoms with E-state index in [0.717, 1.165) is 14.2 Å². The SMILES string of the molecule is COC(=O)C(O)C(O[N+](=O)[O-])C(=O)OC. The van der Waals surface area contributed by atoms with Gasteiger partial charge in [-0.25, -0.2) is 9.59 Å². The molecule has 0 aromatic rings. The molecular formula is C6H9NO8. The number of hydrogen-bond acceptors (Lipinski definition) is 8. The largest absolute Gasteiger partial charge is 0.467 e. The minimum Gasteiger partial charge on any atom is -0.467 e. The molecule has 1 N–H and O–H groups in total. The van der Waals surface area contributed by atoms with Gasteiger partial charge in [0.05, 0.1) is 14.2 Å². The van der Waals surface area contributed by atoms with Crippen LogP contribution in [0.2, 0.25) is 0 Å². The smallest absolute Gasteiger partial charge is 0.338 e. The number of methoxy groups -OCH3 is 2. The van der Waals surface area contributed by atoms with Crippen molar-refractivity contribution < 1.29 is 34.1 Å². The molecule has 0 rings (SSSR count). The van der Waals surface area contributed by atoms with Gasteiger partial charge < -0.3 is 14.6 Å². The van der Waals surface area contributed by atoms with Gasteiger partial charge in [0.25, 0.3) is 5.09 Å². The van der Waals surface area contributed by atoms with Gasteiger partial charge in [-0.15, -0.1) is 10.1 Å². The van der Waals surface area contributed by atoms with Crippen molar-refractivity contribution >= 4 is 11.9 Å². The van der Waals surface area contributed by atoms with Gasteiger partial charge in [-0.1, -0.05) is 0 Å². The predicted octanol–water partition coefficient (Wildman–Crippen LogP) is -1.73. The third kappa shape index (κ3) is 3.77. The van der Waals surface area contributed by atoms with E-state index < -0.39 is 29.2 Å². The molecule has 0 aliphatic carbocycles. The van der Waals surface area contributed by atoms with Crippen molar-refractivity contribution in [2.75, 3.05) is 14.2 Å². The summed E-state index contributed by atoms with van der Waals surface area (Å²) in [6.07, 6.45) is -4.18. The van der Waals surface area contributed by atoms with Crippen molar-refractivity contribution in [1.29, 1.82) is 0 Å². The molecule has 0 bridgehead atoms. The van der Waals surface area contributed by atoms with E-state index in [-0.39, 0.29) is 0 Å². The Morgan fingerprint density at radius 2 is 1.73 bits per heavy atom. The Labute approximate surface area is 83.6 Å². The number of nitrogens with zero attached hydrogens (tertiary/aromatic N) is 1. The molecule has 0 amide bonds. The molecule has 0 aromatic carbocycles. The van der Waals surface area contributed by atoms with Crippen molar-refractivity contribution in [2.45, 2.75) is 12.2 Å². The molecule has 0 aromatic heterocycles. The summed E-state index contributed by atoms with van der Waals surface area (Å²) in [5.74, 6) is -2.50. The summed E-state index contributed by atoms with van der Waals surface area (Å²) in [5.41, 5.74) is 0. The average Bonchev–Trinajstić information content (AvgIpc) is 2.22. The molecule has 2 unspecified atom stereocenters. The van der Waals surface area contributed by atoms with Gasteiger partial charge in [0.2, 0.25) is 6.10 Å². The first-order valence-corrected chi connectivity index (χ1v) is 3.59.